The summed E-state index contributed by atoms with van der Waals surface area (Å²) in [5.74, 6) is 0. The van der Waals surface area contributed by atoms with Gasteiger partial charge in [0.15, 0.2) is 0 Å². The van der Waals surface area contributed by atoms with Gasteiger partial charge in [0, 0.05) is 18.8 Å². The molecule has 3 rings (SSSR count). The van der Waals surface area contributed by atoms with Crippen LogP contribution >= 0.6 is 11.3 Å². The van der Waals surface area contributed by atoms with E-state index in [0.29, 0.717) is 0 Å². The number of aryl methyl sites for hydroxylation is 2. The van der Waals surface area contributed by atoms with Crippen molar-refractivity contribution in [2.24, 2.45) is 7.05 Å². The smallest absolute Gasteiger partial charge is 0.0951 e. The average Bonchev–Trinajstić information content (AvgIpc) is 2.81. The van der Waals surface area contributed by atoms with Crippen LogP contribution in [0.5, 0.6) is 0 Å². The summed E-state index contributed by atoms with van der Waals surface area (Å²) >= 11 is 1.72. The highest BCUT2D eigenvalue weighted by atomic mass is 32.1. The van der Waals surface area contributed by atoms with Crippen LogP contribution < -0.4 is 0 Å². The summed E-state index contributed by atoms with van der Waals surface area (Å²) in [5, 5.41) is 1.10. The normalized spacial score (nSPS) is 11.1. The molecule has 2 heterocycles. The quantitative estimate of drug-likeness (QED) is 0.642. The van der Waals surface area contributed by atoms with E-state index < -0.39 is 0 Å². The molecular formula is C12H11N3S. The van der Waals surface area contributed by atoms with E-state index in [2.05, 4.69) is 28.2 Å². The summed E-state index contributed by atoms with van der Waals surface area (Å²) in [6, 6.07) is 6.31. The standard InChI is InChI=1S/C12H11N3S/c1-8-14-10-5-9(3-4-12(10)16-8)11-6-15(2)7-13-11/h3-7H,1-2H3. The fraction of sp³-hybridized carbons (Fsp3) is 0.167. The molecule has 0 amide bonds. The number of nitrogens with zero attached hydrogens (tertiary/aromatic N) is 3. The third-order valence-corrected chi connectivity index (χ3v) is 3.45. The van der Waals surface area contributed by atoms with E-state index in [0.717, 1.165) is 21.8 Å². The van der Waals surface area contributed by atoms with Gasteiger partial charge in [0.25, 0.3) is 0 Å². The highest BCUT2D eigenvalue weighted by Crippen LogP contribution is 2.26. The molecule has 3 aromatic rings. The molecule has 0 saturated carbocycles. The Labute approximate surface area is 97.4 Å². The van der Waals surface area contributed by atoms with Gasteiger partial charge in [-0.25, -0.2) is 9.97 Å². The maximum atomic E-state index is 4.49. The topological polar surface area (TPSA) is 30.7 Å². The number of benzene rings is 1. The molecule has 0 N–H and O–H groups in total. The predicted molar refractivity (Wildman–Crippen MR) is 66.6 cm³/mol. The Kier molecular flexibility index (Phi) is 2.04. The van der Waals surface area contributed by atoms with Crippen molar-refractivity contribution < 1.29 is 0 Å². The maximum absolute atomic E-state index is 4.49. The Morgan fingerprint density at radius 2 is 2.19 bits per heavy atom. The van der Waals surface area contributed by atoms with Gasteiger partial charge in [0.1, 0.15) is 0 Å². The third kappa shape index (κ3) is 1.51. The molecule has 0 saturated heterocycles. The molecule has 0 spiro atoms. The molecule has 0 fully saturated rings. The molecular weight excluding hydrogens is 218 g/mol. The van der Waals surface area contributed by atoms with Crippen LogP contribution in [0.2, 0.25) is 0 Å². The van der Waals surface area contributed by atoms with Gasteiger partial charge in [-0.1, -0.05) is 6.07 Å². The summed E-state index contributed by atoms with van der Waals surface area (Å²) in [7, 11) is 1.97. The monoisotopic (exact) mass is 229 g/mol. The number of aromatic nitrogens is 3. The van der Waals surface area contributed by atoms with Crippen LogP contribution in [0.3, 0.4) is 0 Å². The third-order valence-electron chi connectivity index (χ3n) is 2.50. The molecule has 0 aliphatic heterocycles. The first-order valence-electron chi connectivity index (χ1n) is 5.08. The molecule has 80 valence electrons. The van der Waals surface area contributed by atoms with E-state index in [1.807, 2.05) is 31.1 Å². The second-order valence-electron chi connectivity index (χ2n) is 3.84. The average molecular weight is 229 g/mol. The number of hydrogen-bond donors (Lipinski definition) is 0. The Balaban J connectivity index is 2.17. The number of hydrogen-bond acceptors (Lipinski definition) is 3. The lowest BCUT2D eigenvalue weighted by molar-refractivity contribution is 0.913. The summed E-state index contributed by atoms with van der Waals surface area (Å²) < 4.78 is 3.18. The van der Waals surface area contributed by atoms with Crippen LogP contribution in [0.4, 0.5) is 0 Å². The summed E-state index contributed by atoms with van der Waals surface area (Å²) in [6.45, 7) is 2.03. The van der Waals surface area contributed by atoms with Gasteiger partial charge in [-0.15, -0.1) is 11.3 Å². The van der Waals surface area contributed by atoms with Crippen molar-refractivity contribution in [1.29, 1.82) is 0 Å². The number of imidazole rings is 1. The highest BCUT2D eigenvalue weighted by molar-refractivity contribution is 7.18. The van der Waals surface area contributed by atoms with E-state index in [1.54, 1.807) is 11.3 Å². The molecule has 0 aliphatic rings. The van der Waals surface area contributed by atoms with Crippen molar-refractivity contribution >= 4 is 21.6 Å². The van der Waals surface area contributed by atoms with Gasteiger partial charge in [0.05, 0.1) is 27.2 Å². The minimum absolute atomic E-state index is 0.995. The molecule has 2 aromatic heterocycles. The largest absolute Gasteiger partial charge is 0.340 e. The van der Waals surface area contributed by atoms with E-state index in [4.69, 9.17) is 0 Å². The lowest BCUT2D eigenvalue weighted by atomic mass is 10.1. The van der Waals surface area contributed by atoms with Crippen LogP contribution in [0.15, 0.2) is 30.7 Å². The molecule has 0 aliphatic carbocycles. The summed E-state index contributed by atoms with van der Waals surface area (Å²) in [4.78, 5) is 8.83. The van der Waals surface area contributed by atoms with Crippen LogP contribution in [0.1, 0.15) is 5.01 Å². The second-order valence-corrected chi connectivity index (χ2v) is 5.07. The molecule has 0 unspecified atom stereocenters. The van der Waals surface area contributed by atoms with E-state index in [-0.39, 0.29) is 0 Å². The van der Waals surface area contributed by atoms with E-state index in [9.17, 15) is 0 Å². The maximum Gasteiger partial charge on any atom is 0.0951 e. The fourth-order valence-corrected chi connectivity index (χ4v) is 2.57. The fourth-order valence-electron chi connectivity index (χ4n) is 1.76. The molecule has 0 radical (unpaired) electrons. The molecule has 16 heavy (non-hydrogen) atoms. The van der Waals surface area contributed by atoms with Gasteiger partial charge in [-0.05, 0) is 19.1 Å². The first kappa shape index (κ1) is 9.54. The first-order chi connectivity index (χ1) is 7.72. The minimum Gasteiger partial charge on any atom is -0.340 e. The number of fused-ring (bicyclic) bond motifs is 1. The first-order valence-corrected chi connectivity index (χ1v) is 5.89. The lowest BCUT2D eigenvalue weighted by Crippen LogP contribution is -1.79. The Morgan fingerprint density at radius 3 is 2.94 bits per heavy atom. The van der Waals surface area contributed by atoms with Crippen LogP contribution in [0.25, 0.3) is 21.5 Å². The van der Waals surface area contributed by atoms with Crippen molar-refractivity contribution in [2.45, 2.75) is 6.92 Å². The summed E-state index contributed by atoms with van der Waals surface area (Å²) in [6.07, 6.45) is 3.83. The Bertz CT molecular complexity index is 651. The molecule has 0 bridgehead atoms. The second kappa shape index (κ2) is 3.42. The van der Waals surface area contributed by atoms with Gasteiger partial charge in [-0.2, -0.15) is 0 Å². The molecule has 4 heteroatoms. The van der Waals surface area contributed by atoms with Gasteiger partial charge in [-0.3, -0.25) is 0 Å². The zero-order chi connectivity index (χ0) is 11.1. The van der Waals surface area contributed by atoms with E-state index >= 15 is 0 Å². The minimum atomic E-state index is 0.995. The number of thiazole rings is 1. The molecule has 0 atom stereocenters. The SMILES string of the molecule is Cc1nc2cc(-c3cn(C)cn3)ccc2s1. The molecule has 1 aromatic carbocycles. The van der Waals surface area contributed by atoms with Gasteiger partial charge >= 0.3 is 0 Å². The van der Waals surface area contributed by atoms with Crippen LogP contribution in [-0.2, 0) is 7.05 Å². The van der Waals surface area contributed by atoms with Crippen molar-refractivity contribution in [2.75, 3.05) is 0 Å². The Hall–Kier alpha value is -1.68. The lowest BCUT2D eigenvalue weighted by Gasteiger charge is -1.95. The van der Waals surface area contributed by atoms with Crippen molar-refractivity contribution in [1.82, 2.24) is 14.5 Å². The zero-order valence-corrected chi connectivity index (χ0v) is 9.95. The molecule has 3 nitrogen and oxygen atoms in total. The Morgan fingerprint density at radius 1 is 1.31 bits per heavy atom. The van der Waals surface area contributed by atoms with E-state index in [1.165, 1.54) is 4.70 Å². The van der Waals surface area contributed by atoms with Gasteiger partial charge in [0.2, 0.25) is 0 Å². The predicted octanol–water partition coefficient (Wildman–Crippen LogP) is 3.01. The summed E-state index contributed by atoms with van der Waals surface area (Å²) in [5.41, 5.74) is 3.18. The highest BCUT2D eigenvalue weighted by Gasteiger charge is 2.05. The zero-order valence-electron chi connectivity index (χ0n) is 9.14. The van der Waals surface area contributed by atoms with Crippen molar-refractivity contribution in [3.63, 3.8) is 0 Å². The van der Waals surface area contributed by atoms with Crippen LogP contribution in [-0.4, -0.2) is 14.5 Å². The van der Waals surface area contributed by atoms with Crippen molar-refractivity contribution in [3.8, 4) is 11.3 Å². The van der Waals surface area contributed by atoms with Crippen LogP contribution in [0, 0.1) is 6.92 Å². The van der Waals surface area contributed by atoms with Gasteiger partial charge < -0.3 is 4.57 Å². The van der Waals surface area contributed by atoms with Crippen molar-refractivity contribution in [3.05, 3.63) is 35.7 Å². The number of rotatable bonds is 1.